The van der Waals surface area contributed by atoms with Crippen LogP contribution in [0.2, 0.25) is 10.0 Å². The summed E-state index contributed by atoms with van der Waals surface area (Å²) in [5.74, 6) is -0.204. The molecule has 0 bridgehead atoms. The van der Waals surface area contributed by atoms with Gasteiger partial charge in [0, 0.05) is 16.3 Å². The Kier molecular flexibility index (Phi) is 9.80. The molecule has 3 amide bonds. The minimum atomic E-state index is -0.777. The second-order valence-electron chi connectivity index (χ2n) is 7.79. The van der Waals surface area contributed by atoms with Crippen LogP contribution < -0.4 is 30.3 Å². The smallest absolute Gasteiger partial charge is 0.338 e. The van der Waals surface area contributed by atoms with Crippen molar-refractivity contribution in [3.8, 4) is 17.2 Å². The molecule has 2 aromatic carbocycles. The van der Waals surface area contributed by atoms with Crippen LogP contribution in [-0.4, -0.2) is 51.6 Å². The molecule has 38 heavy (non-hydrogen) atoms. The van der Waals surface area contributed by atoms with Crippen molar-refractivity contribution < 1.29 is 33.3 Å². The number of ether oxygens (including phenoxy) is 4. The molecule has 0 unspecified atom stereocenters. The van der Waals surface area contributed by atoms with Crippen LogP contribution in [0.1, 0.15) is 31.0 Å². The predicted molar refractivity (Wildman–Crippen MR) is 141 cm³/mol. The first-order valence-corrected chi connectivity index (χ1v) is 12.0. The van der Waals surface area contributed by atoms with E-state index in [-0.39, 0.29) is 30.3 Å². The van der Waals surface area contributed by atoms with E-state index in [4.69, 9.17) is 42.1 Å². The number of rotatable bonds is 10. The van der Waals surface area contributed by atoms with Gasteiger partial charge in [0.15, 0.2) is 18.1 Å². The summed E-state index contributed by atoms with van der Waals surface area (Å²) in [7, 11) is 2.87. The van der Waals surface area contributed by atoms with Crippen LogP contribution in [-0.2, 0) is 14.3 Å². The van der Waals surface area contributed by atoms with Crippen molar-refractivity contribution in [2.24, 2.45) is 5.10 Å². The van der Waals surface area contributed by atoms with Crippen LogP contribution in [0.5, 0.6) is 17.2 Å². The Morgan fingerprint density at radius 3 is 2.58 bits per heavy atom. The maximum atomic E-state index is 12.5. The Morgan fingerprint density at radius 1 is 1.13 bits per heavy atom. The molecule has 1 aliphatic rings. The SMILES string of the molecule is CCOC(=O)C1=C(C)NC(=O)N[C@H]1c1ccc(OCC(=O)N/N=C/c2cc(Cl)cc(Cl)c2OC)c(OC)c1. The summed E-state index contributed by atoms with van der Waals surface area (Å²) in [5.41, 5.74) is 4.01. The van der Waals surface area contributed by atoms with Gasteiger partial charge in [-0.15, -0.1) is 0 Å². The molecule has 0 radical (unpaired) electrons. The van der Waals surface area contributed by atoms with Gasteiger partial charge in [0.25, 0.3) is 5.91 Å². The van der Waals surface area contributed by atoms with Gasteiger partial charge in [-0.05, 0) is 43.7 Å². The minimum Gasteiger partial charge on any atom is -0.495 e. The lowest BCUT2D eigenvalue weighted by Crippen LogP contribution is -2.45. The number of nitrogens with zero attached hydrogens (tertiary/aromatic N) is 1. The number of benzene rings is 2. The molecule has 2 aromatic rings. The molecule has 1 heterocycles. The summed E-state index contributed by atoms with van der Waals surface area (Å²) in [4.78, 5) is 36.9. The van der Waals surface area contributed by atoms with Gasteiger partial charge in [-0.2, -0.15) is 5.10 Å². The van der Waals surface area contributed by atoms with Crippen LogP contribution in [0.3, 0.4) is 0 Å². The van der Waals surface area contributed by atoms with Gasteiger partial charge >= 0.3 is 12.0 Å². The largest absolute Gasteiger partial charge is 0.495 e. The number of hydrazone groups is 1. The summed E-state index contributed by atoms with van der Waals surface area (Å²) in [6, 6.07) is 6.68. The Morgan fingerprint density at radius 2 is 1.89 bits per heavy atom. The number of amides is 3. The number of hydrogen-bond acceptors (Lipinski definition) is 8. The van der Waals surface area contributed by atoms with E-state index in [9.17, 15) is 14.4 Å². The van der Waals surface area contributed by atoms with Crippen molar-refractivity contribution in [2.75, 3.05) is 27.4 Å². The molecule has 0 spiro atoms. The summed E-state index contributed by atoms with van der Waals surface area (Å²) < 4.78 is 21.4. The molecule has 1 aliphatic heterocycles. The number of carbonyl (C=O) groups excluding carboxylic acids is 3. The van der Waals surface area contributed by atoms with E-state index in [1.54, 1.807) is 38.1 Å². The average molecular weight is 565 g/mol. The number of carbonyl (C=O) groups is 3. The number of esters is 1. The van der Waals surface area contributed by atoms with Crippen LogP contribution in [0.4, 0.5) is 4.79 Å². The molecule has 0 aliphatic carbocycles. The normalized spacial score (nSPS) is 15.0. The number of allylic oxidation sites excluding steroid dienone is 1. The van der Waals surface area contributed by atoms with Gasteiger partial charge in [-0.1, -0.05) is 29.3 Å². The highest BCUT2D eigenvalue weighted by molar-refractivity contribution is 6.36. The van der Waals surface area contributed by atoms with E-state index in [0.29, 0.717) is 32.6 Å². The van der Waals surface area contributed by atoms with Crippen molar-refractivity contribution in [3.63, 3.8) is 0 Å². The van der Waals surface area contributed by atoms with E-state index < -0.39 is 23.9 Å². The Bertz CT molecular complexity index is 1300. The van der Waals surface area contributed by atoms with Crippen molar-refractivity contribution in [1.82, 2.24) is 16.1 Å². The minimum absolute atomic E-state index is 0.179. The molecular weight excluding hydrogens is 539 g/mol. The van der Waals surface area contributed by atoms with Crippen molar-refractivity contribution in [2.45, 2.75) is 19.9 Å². The zero-order valence-electron chi connectivity index (χ0n) is 21.0. The van der Waals surface area contributed by atoms with Crippen LogP contribution >= 0.6 is 23.2 Å². The molecule has 13 heteroatoms. The second kappa shape index (κ2) is 13.0. The van der Waals surface area contributed by atoms with Crippen molar-refractivity contribution in [1.29, 1.82) is 0 Å². The molecule has 0 saturated carbocycles. The molecule has 0 saturated heterocycles. The van der Waals surface area contributed by atoms with Crippen molar-refractivity contribution in [3.05, 3.63) is 62.8 Å². The van der Waals surface area contributed by atoms with Gasteiger partial charge in [0.1, 0.15) is 5.75 Å². The third-order valence-electron chi connectivity index (χ3n) is 5.28. The third-order valence-corrected chi connectivity index (χ3v) is 5.78. The molecule has 0 fully saturated rings. The highest BCUT2D eigenvalue weighted by Gasteiger charge is 2.32. The molecule has 3 N–H and O–H groups in total. The van der Waals surface area contributed by atoms with Gasteiger partial charge in [-0.25, -0.2) is 15.0 Å². The molecule has 11 nitrogen and oxygen atoms in total. The maximum Gasteiger partial charge on any atom is 0.338 e. The van der Waals surface area contributed by atoms with Gasteiger partial charge < -0.3 is 29.6 Å². The predicted octanol–water partition coefficient (Wildman–Crippen LogP) is 3.73. The zero-order chi connectivity index (χ0) is 27.8. The molecule has 1 atom stereocenters. The highest BCUT2D eigenvalue weighted by atomic mass is 35.5. The Hall–Kier alpha value is -3.96. The molecule has 202 valence electrons. The molecule has 3 rings (SSSR count). The van der Waals surface area contributed by atoms with Gasteiger partial charge in [-0.3, -0.25) is 4.79 Å². The number of halogens is 2. The fourth-order valence-corrected chi connectivity index (χ4v) is 4.23. The number of hydrogen-bond donors (Lipinski definition) is 3. The van der Waals surface area contributed by atoms with Gasteiger partial charge in [0.05, 0.1) is 43.7 Å². The summed E-state index contributed by atoms with van der Waals surface area (Å²) in [6.07, 6.45) is 1.34. The van der Waals surface area contributed by atoms with E-state index in [1.807, 2.05) is 0 Å². The van der Waals surface area contributed by atoms with E-state index in [1.165, 1.54) is 26.5 Å². The maximum absolute atomic E-state index is 12.5. The lowest BCUT2D eigenvalue weighted by Gasteiger charge is -2.28. The van der Waals surface area contributed by atoms with Gasteiger partial charge in [0.2, 0.25) is 0 Å². The first-order valence-electron chi connectivity index (χ1n) is 11.3. The highest BCUT2D eigenvalue weighted by Crippen LogP contribution is 2.35. The lowest BCUT2D eigenvalue weighted by molar-refractivity contribution is -0.139. The first-order chi connectivity index (χ1) is 18.2. The molecule has 0 aromatic heterocycles. The summed E-state index contributed by atoms with van der Waals surface area (Å²) in [5, 5.41) is 9.86. The standard InChI is InChI=1S/C25H26Cl2N4O7/c1-5-37-24(33)21-13(2)29-25(34)30-22(21)14-6-7-18(19(9-14)35-3)38-12-20(32)31-28-11-15-8-16(26)10-17(27)23(15)36-4/h6-11,22H,5,12H2,1-4H3,(H,31,32)(H2,29,30,34)/b28-11+/t22-/m0/s1. The monoisotopic (exact) mass is 564 g/mol. The van der Waals surface area contributed by atoms with E-state index in [0.717, 1.165) is 0 Å². The number of methoxy groups -OCH3 is 2. The summed E-state index contributed by atoms with van der Waals surface area (Å²) in [6.45, 7) is 3.11. The fraction of sp³-hybridized carbons (Fsp3) is 0.280. The zero-order valence-corrected chi connectivity index (χ0v) is 22.5. The Balaban J connectivity index is 1.70. The topological polar surface area (TPSA) is 137 Å². The van der Waals surface area contributed by atoms with Crippen LogP contribution in [0.15, 0.2) is 46.7 Å². The van der Waals surface area contributed by atoms with E-state index >= 15 is 0 Å². The summed E-state index contributed by atoms with van der Waals surface area (Å²) >= 11 is 12.1. The number of urea groups is 1. The lowest BCUT2D eigenvalue weighted by atomic mass is 9.95. The van der Waals surface area contributed by atoms with Crippen LogP contribution in [0, 0.1) is 0 Å². The molecular formula is C25H26Cl2N4O7. The Labute approximate surface area is 229 Å². The van der Waals surface area contributed by atoms with Crippen molar-refractivity contribution >= 4 is 47.3 Å². The quantitative estimate of drug-likeness (QED) is 0.227. The second-order valence-corrected chi connectivity index (χ2v) is 8.64. The third kappa shape index (κ3) is 6.87. The average Bonchev–Trinajstić information content (AvgIpc) is 2.86. The fourth-order valence-electron chi connectivity index (χ4n) is 3.65. The van der Waals surface area contributed by atoms with Crippen LogP contribution in [0.25, 0.3) is 0 Å². The first kappa shape index (κ1) is 28.6. The number of nitrogens with one attached hydrogen (secondary N) is 3. The van der Waals surface area contributed by atoms with E-state index in [2.05, 4.69) is 21.2 Å².